The SMILES string of the molecule is C=CCCCCCC=CC#CC#CC(=C)O. The lowest BCUT2D eigenvalue weighted by atomic mass is 10.1. The highest BCUT2D eigenvalue weighted by Gasteiger charge is 1.83. The minimum atomic E-state index is -0.152. The first-order chi connectivity index (χ1) is 7.77. The summed E-state index contributed by atoms with van der Waals surface area (Å²) in [5, 5.41) is 8.64. The Kier molecular flexibility index (Phi) is 9.91. The second-order valence-corrected chi connectivity index (χ2v) is 3.30. The molecule has 16 heavy (non-hydrogen) atoms. The summed E-state index contributed by atoms with van der Waals surface area (Å²) in [7, 11) is 0. The van der Waals surface area contributed by atoms with E-state index in [0.717, 1.165) is 12.8 Å². The molecule has 0 spiro atoms. The summed E-state index contributed by atoms with van der Waals surface area (Å²) in [5.41, 5.74) is 0. The Labute approximate surface area is 98.6 Å². The lowest BCUT2D eigenvalue weighted by Gasteiger charge is -1.93. The van der Waals surface area contributed by atoms with Crippen molar-refractivity contribution in [2.75, 3.05) is 0 Å². The zero-order valence-electron chi connectivity index (χ0n) is 9.63. The van der Waals surface area contributed by atoms with Crippen molar-refractivity contribution >= 4 is 0 Å². The quantitative estimate of drug-likeness (QED) is 0.309. The molecule has 0 atom stereocenters. The molecule has 1 nitrogen and oxygen atoms in total. The molecule has 0 heterocycles. The van der Waals surface area contributed by atoms with Crippen LogP contribution in [0.2, 0.25) is 0 Å². The van der Waals surface area contributed by atoms with E-state index in [1.54, 1.807) is 6.08 Å². The molecule has 0 saturated carbocycles. The summed E-state index contributed by atoms with van der Waals surface area (Å²) in [6.07, 6.45) is 11.6. The van der Waals surface area contributed by atoms with E-state index in [0.29, 0.717) is 0 Å². The summed E-state index contributed by atoms with van der Waals surface area (Å²) < 4.78 is 0. The van der Waals surface area contributed by atoms with Crippen LogP contribution < -0.4 is 0 Å². The molecule has 84 valence electrons. The van der Waals surface area contributed by atoms with Gasteiger partial charge in [-0.2, -0.15) is 0 Å². The van der Waals surface area contributed by atoms with Gasteiger partial charge in [-0.15, -0.1) is 6.58 Å². The van der Waals surface area contributed by atoms with Crippen LogP contribution in [0.25, 0.3) is 0 Å². The molecule has 0 rings (SSSR count). The predicted molar refractivity (Wildman–Crippen MR) is 69.7 cm³/mol. The first-order valence-corrected chi connectivity index (χ1v) is 5.42. The number of hydrogen-bond donors (Lipinski definition) is 1. The predicted octanol–water partition coefficient (Wildman–Crippen LogP) is 3.76. The van der Waals surface area contributed by atoms with Gasteiger partial charge >= 0.3 is 0 Å². The van der Waals surface area contributed by atoms with Crippen molar-refractivity contribution < 1.29 is 5.11 Å². The van der Waals surface area contributed by atoms with E-state index in [9.17, 15) is 0 Å². The molecular weight excluding hydrogens is 196 g/mol. The zero-order valence-corrected chi connectivity index (χ0v) is 9.63. The van der Waals surface area contributed by atoms with E-state index >= 15 is 0 Å². The third-order valence-electron chi connectivity index (χ3n) is 1.82. The second-order valence-electron chi connectivity index (χ2n) is 3.30. The summed E-state index contributed by atoms with van der Waals surface area (Å²) in [5.74, 6) is 10.1. The Balaban J connectivity index is 3.52. The zero-order chi connectivity index (χ0) is 12.1. The van der Waals surface area contributed by atoms with Gasteiger partial charge in [0.15, 0.2) is 5.76 Å². The van der Waals surface area contributed by atoms with Gasteiger partial charge in [-0.05, 0) is 56.1 Å². The number of unbranched alkanes of at least 4 members (excludes halogenated alkanes) is 4. The van der Waals surface area contributed by atoms with Crippen molar-refractivity contribution in [3.05, 3.63) is 37.1 Å². The van der Waals surface area contributed by atoms with Gasteiger partial charge in [0.1, 0.15) is 0 Å². The maximum atomic E-state index is 8.64. The first kappa shape index (κ1) is 14.1. The van der Waals surface area contributed by atoms with Crippen LogP contribution >= 0.6 is 0 Å². The monoisotopic (exact) mass is 214 g/mol. The average molecular weight is 214 g/mol. The molecule has 0 aromatic rings. The molecule has 0 aliphatic carbocycles. The maximum Gasteiger partial charge on any atom is 0.160 e. The van der Waals surface area contributed by atoms with Gasteiger partial charge in [0.05, 0.1) is 0 Å². The molecule has 0 aromatic heterocycles. The van der Waals surface area contributed by atoms with Gasteiger partial charge < -0.3 is 5.11 Å². The Hall–Kier alpha value is -1.86. The topological polar surface area (TPSA) is 20.2 Å². The van der Waals surface area contributed by atoms with Crippen molar-refractivity contribution in [1.29, 1.82) is 0 Å². The van der Waals surface area contributed by atoms with Crippen molar-refractivity contribution in [2.45, 2.75) is 32.1 Å². The normalized spacial score (nSPS) is 8.75. The molecule has 0 aliphatic heterocycles. The first-order valence-electron chi connectivity index (χ1n) is 5.42. The van der Waals surface area contributed by atoms with Crippen LogP contribution in [-0.4, -0.2) is 5.11 Å². The minimum Gasteiger partial charge on any atom is -0.501 e. The number of aliphatic hydroxyl groups excluding tert-OH is 1. The van der Waals surface area contributed by atoms with Gasteiger partial charge in [-0.25, -0.2) is 0 Å². The Morgan fingerprint density at radius 3 is 2.56 bits per heavy atom. The molecule has 0 saturated heterocycles. The van der Waals surface area contributed by atoms with Gasteiger partial charge in [0.2, 0.25) is 0 Å². The van der Waals surface area contributed by atoms with Crippen LogP contribution in [0.4, 0.5) is 0 Å². The largest absolute Gasteiger partial charge is 0.501 e. The molecule has 0 unspecified atom stereocenters. The van der Waals surface area contributed by atoms with Gasteiger partial charge in [-0.3, -0.25) is 0 Å². The van der Waals surface area contributed by atoms with E-state index in [4.69, 9.17) is 5.11 Å². The van der Waals surface area contributed by atoms with Crippen LogP contribution in [0.1, 0.15) is 32.1 Å². The fraction of sp³-hybridized carbons (Fsp3) is 0.333. The van der Waals surface area contributed by atoms with Crippen LogP contribution in [-0.2, 0) is 0 Å². The lowest BCUT2D eigenvalue weighted by molar-refractivity contribution is 0.441. The maximum absolute atomic E-state index is 8.64. The van der Waals surface area contributed by atoms with E-state index in [-0.39, 0.29) is 5.76 Å². The number of rotatable bonds is 6. The van der Waals surface area contributed by atoms with Crippen LogP contribution in [0.15, 0.2) is 37.1 Å². The minimum absolute atomic E-state index is 0.152. The Morgan fingerprint density at radius 2 is 1.88 bits per heavy atom. The van der Waals surface area contributed by atoms with Crippen molar-refractivity contribution in [3.63, 3.8) is 0 Å². The lowest BCUT2D eigenvalue weighted by Crippen LogP contribution is -1.73. The van der Waals surface area contributed by atoms with E-state index in [2.05, 4.69) is 36.8 Å². The van der Waals surface area contributed by atoms with Crippen molar-refractivity contribution in [1.82, 2.24) is 0 Å². The summed E-state index contributed by atoms with van der Waals surface area (Å²) in [6.45, 7) is 6.91. The third kappa shape index (κ3) is 12.1. The molecule has 0 amide bonds. The fourth-order valence-electron chi connectivity index (χ4n) is 1.05. The number of allylic oxidation sites excluding steroid dienone is 4. The van der Waals surface area contributed by atoms with Crippen LogP contribution in [0.3, 0.4) is 0 Å². The summed E-state index contributed by atoms with van der Waals surface area (Å²) in [4.78, 5) is 0. The van der Waals surface area contributed by atoms with Crippen molar-refractivity contribution in [3.8, 4) is 23.7 Å². The standard InChI is InChI=1S/C15H18O/c1-3-4-5-6-7-8-9-10-11-12-13-14-15(2)16/h3,9-10,16H,1-2,4-8H2. The van der Waals surface area contributed by atoms with Crippen LogP contribution in [0.5, 0.6) is 0 Å². The number of aliphatic hydroxyl groups is 1. The summed E-state index contributed by atoms with van der Waals surface area (Å²) in [6, 6.07) is 0. The summed E-state index contributed by atoms with van der Waals surface area (Å²) >= 11 is 0. The highest BCUT2D eigenvalue weighted by Crippen LogP contribution is 2.03. The molecule has 0 radical (unpaired) electrons. The molecule has 0 fully saturated rings. The second kappa shape index (κ2) is 11.2. The fourth-order valence-corrected chi connectivity index (χ4v) is 1.05. The van der Waals surface area contributed by atoms with Gasteiger partial charge in [-0.1, -0.05) is 24.5 Å². The van der Waals surface area contributed by atoms with Gasteiger partial charge in [0.25, 0.3) is 0 Å². The average Bonchev–Trinajstić information content (AvgIpc) is 2.25. The number of hydrogen-bond acceptors (Lipinski definition) is 1. The van der Waals surface area contributed by atoms with E-state index < -0.39 is 0 Å². The highest BCUT2D eigenvalue weighted by atomic mass is 16.3. The Morgan fingerprint density at radius 1 is 1.12 bits per heavy atom. The van der Waals surface area contributed by atoms with E-state index in [1.807, 2.05) is 12.2 Å². The van der Waals surface area contributed by atoms with Crippen molar-refractivity contribution in [2.24, 2.45) is 0 Å². The smallest absolute Gasteiger partial charge is 0.160 e. The molecule has 0 bridgehead atoms. The Bertz CT molecular complexity index is 352. The molecule has 0 aromatic carbocycles. The molecular formula is C15H18O. The third-order valence-corrected chi connectivity index (χ3v) is 1.82. The van der Waals surface area contributed by atoms with E-state index in [1.165, 1.54) is 19.3 Å². The van der Waals surface area contributed by atoms with Gasteiger partial charge in [0, 0.05) is 0 Å². The highest BCUT2D eigenvalue weighted by molar-refractivity contribution is 5.35. The molecule has 1 N–H and O–H groups in total. The molecule has 0 aliphatic rings. The van der Waals surface area contributed by atoms with Crippen LogP contribution in [0, 0.1) is 23.7 Å². The molecule has 1 heteroatoms.